The molecule has 9 nitrogen and oxygen atoms in total. The van der Waals surface area contributed by atoms with Gasteiger partial charge in [-0.3, -0.25) is 4.79 Å². The van der Waals surface area contributed by atoms with Crippen LogP contribution in [0.1, 0.15) is 21.7 Å². The van der Waals surface area contributed by atoms with Crippen LogP contribution in [0.2, 0.25) is 0 Å². The van der Waals surface area contributed by atoms with Gasteiger partial charge in [0, 0.05) is 30.8 Å². The SMILES string of the molecule is COc1cc(Oc2cc(C(=O)N(C)Cc3ncon3)ccc2OC)ccc1CN.Cl. The van der Waals surface area contributed by atoms with Crippen LogP contribution in [0.4, 0.5) is 0 Å². The minimum atomic E-state index is -0.224. The second-order valence-corrected chi connectivity index (χ2v) is 6.15. The first-order chi connectivity index (χ1) is 14.0. The first-order valence-corrected chi connectivity index (χ1v) is 8.79. The fourth-order valence-electron chi connectivity index (χ4n) is 2.74. The van der Waals surface area contributed by atoms with Gasteiger partial charge in [0.15, 0.2) is 17.3 Å². The number of amides is 1. The van der Waals surface area contributed by atoms with E-state index in [1.807, 2.05) is 6.07 Å². The molecule has 1 amide bonds. The van der Waals surface area contributed by atoms with Gasteiger partial charge in [0.2, 0.25) is 6.39 Å². The van der Waals surface area contributed by atoms with Crippen molar-refractivity contribution < 1.29 is 23.5 Å². The summed E-state index contributed by atoms with van der Waals surface area (Å²) in [5.74, 6) is 2.23. The van der Waals surface area contributed by atoms with Crippen LogP contribution in [0.3, 0.4) is 0 Å². The normalized spacial score (nSPS) is 10.1. The number of nitrogens with two attached hydrogens (primary N) is 1. The smallest absolute Gasteiger partial charge is 0.254 e. The van der Waals surface area contributed by atoms with Crippen LogP contribution in [0.5, 0.6) is 23.0 Å². The number of halogens is 1. The first kappa shape index (κ1) is 23.0. The zero-order valence-electron chi connectivity index (χ0n) is 16.8. The molecule has 160 valence electrons. The van der Waals surface area contributed by atoms with Gasteiger partial charge in [0.25, 0.3) is 5.91 Å². The Labute approximate surface area is 180 Å². The molecule has 30 heavy (non-hydrogen) atoms. The standard InChI is InChI=1S/C20H22N4O5.ClH/c1-24(11-19-22-12-28-23-19)20(25)13-5-7-16(26-2)18(8-13)29-15-6-4-14(10-21)17(9-15)27-3;/h4-9,12H,10-11,21H2,1-3H3;1H. The lowest BCUT2D eigenvalue weighted by atomic mass is 10.1. The van der Waals surface area contributed by atoms with E-state index in [-0.39, 0.29) is 24.9 Å². The third kappa shape index (κ3) is 5.19. The Balaban J connectivity index is 0.00000320. The van der Waals surface area contributed by atoms with E-state index in [0.717, 1.165) is 5.56 Å². The third-order valence-electron chi connectivity index (χ3n) is 4.25. The zero-order valence-corrected chi connectivity index (χ0v) is 17.6. The highest BCUT2D eigenvalue weighted by Gasteiger charge is 2.17. The molecule has 2 aromatic carbocycles. The molecule has 0 aliphatic carbocycles. The number of nitrogens with zero attached hydrogens (tertiary/aromatic N) is 3. The average molecular weight is 435 g/mol. The van der Waals surface area contributed by atoms with Gasteiger partial charge in [0.05, 0.1) is 20.8 Å². The van der Waals surface area contributed by atoms with Crippen molar-refractivity contribution in [2.24, 2.45) is 5.73 Å². The summed E-state index contributed by atoms with van der Waals surface area (Å²) >= 11 is 0. The molecule has 10 heteroatoms. The van der Waals surface area contributed by atoms with Crippen molar-refractivity contribution in [3.8, 4) is 23.0 Å². The molecule has 0 fully saturated rings. The van der Waals surface area contributed by atoms with Crippen molar-refractivity contribution in [1.82, 2.24) is 15.0 Å². The summed E-state index contributed by atoms with van der Waals surface area (Å²) in [5, 5.41) is 3.72. The highest BCUT2D eigenvalue weighted by Crippen LogP contribution is 2.35. The number of methoxy groups -OCH3 is 2. The number of hydrogen-bond acceptors (Lipinski definition) is 8. The van der Waals surface area contributed by atoms with E-state index in [0.29, 0.717) is 40.9 Å². The number of ether oxygens (including phenoxy) is 3. The van der Waals surface area contributed by atoms with E-state index >= 15 is 0 Å². The van der Waals surface area contributed by atoms with Gasteiger partial charge in [-0.05, 0) is 24.3 Å². The molecule has 0 atom stereocenters. The number of aromatic nitrogens is 2. The Kier molecular flexibility index (Phi) is 8.02. The van der Waals surface area contributed by atoms with Gasteiger partial charge in [0.1, 0.15) is 11.5 Å². The summed E-state index contributed by atoms with van der Waals surface area (Å²) in [6, 6.07) is 10.3. The highest BCUT2D eigenvalue weighted by atomic mass is 35.5. The Hall–Kier alpha value is -3.30. The van der Waals surface area contributed by atoms with Crippen LogP contribution in [-0.4, -0.2) is 42.2 Å². The second kappa shape index (κ2) is 10.5. The van der Waals surface area contributed by atoms with Gasteiger partial charge >= 0.3 is 0 Å². The van der Waals surface area contributed by atoms with Crippen molar-refractivity contribution in [3.05, 3.63) is 59.7 Å². The van der Waals surface area contributed by atoms with Crippen molar-refractivity contribution in [1.29, 1.82) is 0 Å². The molecule has 1 aromatic heterocycles. The number of hydrogen-bond donors (Lipinski definition) is 1. The van der Waals surface area contributed by atoms with Gasteiger partial charge < -0.3 is 29.4 Å². The lowest BCUT2D eigenvalue weighted by molar-refractivity contribution is 0.0780. The molecule has 1 heterocycles. The third-order valence-corrected chi connectivity index (χ3v) is 4.25. The minimum Gasteiger partial charge on any atom is -0.496 e. The van der Waals surface area contributed by atoms with E-state index in [1.54, 1.807) is 44.5 Å². The van der Waals surface area contributed by atoms with Crippen LogP contribution in [-0.2, 0) is 13.1 Å². The van der Waals surface area contributed by atoms with E-state index < -0.39 is 0 Å². The van der Waals surface area contributed by atoms with Crippen molar-refractivity contribution >= 4 is 18.3 Å². The summed E-state index contributed by atoms with van der Waals surface area (Å²) < 4.78 is 21.4. The maximum absolute atomic E-state index is 12.8. The Morgan fingerprint density at radius 1 is 1.10 bits per heavy atom. The molecule has 2 N–H and O–H groups in total. The van der Waals surface area contributed by atoms with Gasteiger partial charge in [-0.15, -0.1) is 12.4 Å². The molecule has 3 rings (SSSR count). The number of carbonyl (C=O) groups is 1. The van der Waals surface area contributed by atoms with Crippen molar-refractivity contribution in [3.63, 3.8) is 0 Å². The summed E-state index contributed by atoms with van der Waals surface area (Å²) in [5.41, 5.74) is 6.99. The fraction of sp³-hybridized carbons (Fsp3) is 0.250. The lowest BCUT2D eigenvalue weighted by Gasteiger charge is -2.17. The van der Waals surface area contributed by atoms with Crippen molar-refractivity contribution in [2.75, 3.05) is 21.3 Å². The van der Waals surface area contributed by atoms with E-state index in [9.17, 15) is 4.79 Å². The highest BCUT2D eigenvalue weighted by molar-refractivity contribution is 5.94. The van der Waals surface area contributed by atoms with Crippen LogP contribution in [0.25, 0.3) is 0 Å². The van der Waals surface area contributed by atoms with Crippen LogP contribution < -0.4 is 19.9 Å². The summed E-state index contributed by atoms with van der Waals surface area (Å²) in [7, 11) is 4.75. The largest absolute Gasteiger partial charge is 0.496 e. The Morgan fingerprint density at radius 2 is 1.87 bits per heavy atom. The van der Waals surface area contributed by atoms with Gasteiger partial charge in [-0.25, -0.2) is 0 Å². The van der Waals surface area contributed by atoms with Gasteiger partial charge in [-0.2, -0.15) is 4.98 Å². The van der Waals surface area contributed by atoms with Crippen LogP contribution in [0.15, 0.2) is 47.3 Å². The Morgan fingerprint density at radius 3 is 2.50 bits per heavy atom. The molecule has 0 bridgehead atoms. The monoisotopic (exact) mass is 434 g/mol. The molecule has 0 aliphatic rings. The molecular weight excluding hydrogens is 412 g/mol. The summed E-state index contributed by atoms with van der Waals surface area (Å²) in [4.78, 5) is 18.2. The molecular formula is C20H23ClN4O5. The zero-order chi connectivity index (χ0) is 20.8. The molecule has 0 aliphatic heterocycles. The maximum atomic E-state index is 12.8. The summed E-state index contributed by atoms with van der Waals surface area (Å²) in [6.45, 7) is 0.568. The molecule has 0 spiro atoms. The quantitative estimate of drug-likeness (QED) is 0.575. The molecule has 3 aromatic rings. The second-order valence-electron chi connectivity index (χ2n) is 6.15. The molecule has 0 unspecified atom stereocenters. The molecule has 0 saturated heterocycles. The first-order valence-electron chi connectivity index (χ1n) is 8.79. The number of benzene rings is 2. The predicted octanol–water partition coefficient (Wildman–Crippen LogP) is 3.03. The van der Waals surface area contributed by atoms with Gasteiger partial charge in [-0.1, -0.05) is 11.2 Å². The molecule has 0 saturated carbocycles. The predicted molar refractivity (Wildman–Crippen MR) is 111 cm³/mol. The fourth-order valence-corrected chi connectivity index (χ4v) is 2.74. The van der Waals surface area contributed by atoms with Crippen LogP contribution in [0, 0.1) is 0 Å². The maximum Gasteiger partial charge on any atom is 0.254 e. The van der Waals surface area contributed by atoms with E-state index in [1.165, 1.54) is 18.4 Å². The van der Waals surface area contributed by atoms with Crippen LogP contribution >= 0.6 is 12.4 Å². The minimum absolute atomic E-state index is 0. The van der Waals surface area contributed by atoms with E-state index in [4.69, 9.17) is 24.5 Å². The topological polar surface area (TPSA) is 113 Å². The molecule has 0 radical (unpaired) electrons. The average Bonchev–Trinajstić information content (AvgIpc) is 3.26. The number of rotatable bonds is 8. The van der Waals surface area contributed by atoms with E-state index in [2.05, 4.69) is 10.1 Å². The Bertz CT molecular complexity index is 981. The lowest BCUT2D eigenvalue weighted by Crippen LogP contribution is -2.26. The number of carbonyl (C=O) groups excluding carboxylic acids is 1. The summed E-state index contributed by atoms with van der Waals surface area (Å²) in [6.07, 6.45) is 1.22. The van der Waals surface area contributed by atoms with Crippen molar-refractivity contribution in [2.45, 2.75) is 13.1 Å².